The third kappa shape index (κ3) is 5.08. The Labute approximate surface area is 186 Å². The largest absolute Gasteiger partial charge is 0.457 e. The Balaban J connectivity index is 1.92. The van der Waals surface area contributed by atoms with E-state index in [0.717, 1.165) is 12.8 Å². The Morgan fingerprint density at radius 3 is 2.28 bits per heavy atom. The van der Waals surface area contributed by atoms with Crippen LogP contribution in [-0.2, 0) is 6.54 Å². The first-order valence-electron chi connectivity index (χ1n) is 10.7. The first kappa shape index (κ1) is 22.9. The van der Waals surface area contributed by atoms with Crippen molar-refractivity contribution in [3.05, 3.63) is 81.0 Å². The summed E-state index contributed by atoms with van der Waals surface area (Å²) >= 11 is 0. The molecular formula is C24H28N4O4. The van der Waals surface area contributed by atoms with Gasteiger partial charge in [-0.05, 0) is 49.2 Å². The van der Waals surface area contributed by atoms with Crippen LogP contribution in [0.4, 0.5) is 11.5 Å². The quantitative estimate of drug-likeness (QED) is 0.531. The van der Waals surface area contributed by atoms with Crippen molar-refractivity contribution in [3.8, 4) is 11.5 Å². The lowest BCUT2D eigenvalue weighted by Gasteiger charge is -2.24. The summed E-state index contributed by atoms with van der Waals surface area (Å²) in [6, 6.07) is 16.0. The molecule has 1 amide bonds. The molecule has 0 aliphatic heterocycles. The Morgan fingerprint density at radius 2 is 1.66 bits per heavy atom. The molecule has 0 saturated heterocycles. The average molecular weight is 437 g/mol. The summed E-state index contributed by atoms with van der Waals surface area (Å²) in [5.41, 5.74) is 5.34. The lowest BCUT2D eigenvalue weighted by atomic mass is 10.1. The van der Waals surface area contributed by atoms with E-state index in [1.165, 1.54) is 9.47 Å². The number of unbranched alkanes of at least 4 members (excludes halogenated alkanes) is 1. The molecule has 8 nitrogen and oxygen atoms in total. The lowest BCUT2D eigenvalue weighted by molar-refractivity contribution is 0.0986. The number of nitrogen functional groups attached to an aromatic ring is 1. The molecule has 0 radical (unpaired) electrons. The molecule has 168 valence electrons. The number of para-hydroxylation sites is 1. The van der Waals surface area contributed by atoms with Gasteiger partial charge in [-0.25, -0.2) is 4.79 Å². The number of benzene rings is 2. The van der Waals surface area contributed by atoms with Gasteiger partial charge in [-0.15, -0.1) is 0 Å². The summed E-state index contributed by atoms with van der Waals surface area (Å²) in [5, 5.41) is 0. The fraction of sp³-hybridized carbons (Fsp3) is 0.292. The summed E-state index contributed by atoms with van der Waals surface area (Å²) in [4.78, 5) is 41.8. The van der Waals surface area contributed by atoms with Crippen LogP contribution >= 0.6 is 0 Å². The number of aromatic nitrogens is 2. The number of amides is 1. The van der Waals surface area contributed by atoms with E-state index in [1.54, 1.807) is 24.3 Å². The highest BCUT2D eigenvalue weighted by Crippen LogP contribution is 2.24. The van der Waals surface area contributed by atoms with Crippen LogP contribution in [0.3, 0.4) is 0 Å². The van der Waals surface area contributed by atoms with Crippen molar-refractivity contribution >= 4 is 17.4 Å². The Hall–Kier alpha value is -3.81. The van der Waals surface area contributed by atoms with E-state index in [9.17, 15) is 14.4 Å². The smallest absolute Gasteiger partial charge is 0.330 e. The van der Waals surface area contributed by atoms with Crippen LogP contribution in [0.25, 0.3) is 0 Å². The molecule has 0 atom stereocenters. The first-order valence-corrected chi connectivity index (χ1v) is 10.7. The third-order valence-electron chi connectivity index (χ3n) is 4.99. The zero-order chi connectivity index (χ0) is 23.1. The molecule has 0 aliphatic rings. The van der Waals surface area contributed by atoms with Gasteiger partial charge in [0.15, 0.2) is 5.69 Å². The van der Waals surface area contributed by atoms with Gasteiger partial charge in [-0.2, -0.15) is 0 Å². The van der Waals surface area contributed by atoms with Gasteiger partial charge < -0.3 is 15.4 Å². The Bertz CT molecular complexity index is 1170. The molecule has 0 unspecified atom stereocenters. The maximum Gasteiger partial charge on any atom is 0.330 e. The molecule has 0 fully saturated rings. The highest BCUT2D eigenvalue weighted by Gasteiger charge is 2.24. The predicted octanol–water partition coefficient (Wildman–Crippen LogP) is 3.77. The highest BCUT2D eigenvalue weighted by atomic mass is 16.5. The van der Waals surface area contributed by atoms with Crippen LogP contribution in [0, 0.1) is 0 Å². The number of hydrogen-bond acceptors (Lipinski definition) is 5. The summed E-state index contributed by atoms with van der Waals surface area (Å²) in [7, 11) is 0. The van der Waals surface area contributed by atoms with Crippen molar-refractivity contribution in [2.24, 2.45) is 0 Å². The molecule has 0 spiro atoms. The van der Waals surface area contributed by atoms with Gasteiger partial charge in [0, 0.05) is 18.7 Å². The van der Waals surface area contributed by atoms with Gasteiger partial charge in [0.1, 0.15) is 17.3 Å². The molecule has 0 aliphatic carbocycles. The average Bonchev–Trinajstić information content (AvgIpc) is 2.79. The van der Waals surface area contributed by atoms with Gasteiger partial charge in [0.25, 0.3) is 11.5 Å². The van der Waals surface area contributed by atoms with Crippen molar-refractivity contribution in [1.82, 2.24) is 9.55 Å². The molecule has 1 aromatic heterocycles. The first-order chi connectivity index (χ1) is 15.5. The second-order valence-electron chi connectivity index (χ2n) is 7.39. The molecule has 3 N–H and O–H groups in total. The fourth-order valence-electron chi connectivity index (χ4n) is 3.36. The summed E-state index contributed by atoms with van der Waals surface area (Å²) in [5.74, 6) is 0.891. The van der Waals surface area contributed by atoms with E-state index in [0.29, 0.717) is 30.0 Å². The molecular weight excluding hydrogens is 408 g/mol. The van der Waals surface area contributed by atoms with Crippen molar-refractivity contribution < 1.29 is 9.53 Å². The highest BCUT2D eigenvalue weighted by molar-refractivity contribution is 6.07. The fourth-order valence-corrected chi connectivity index (χ4v) is 3.36. The number of carbonyl (C=O) groups is 1. The standard InChI is InChI=1S/C24H28N4O4/c1-3-5-16-28-21(25)20(22(29)26-24(28)31)27(15-4-2)23(30)17-11-13-19(14-12-17)32-18-9-7-6-8-10-18/h6-14H,3-5,15-16,25H2,1-2H3,(H,26,29,31). The summed E-state index contributed by atoms with van der Waals surface area (Å²) in [6.45, 7) is 4.53. The summed E-state index contributed by atoms with van der Waals surface area (Å²) < 4.78 is 7.08. The number of ether oxygens (including phenoxy) is 1. The van der Waals surface area contributed by atoms with Crippen molar-refractivity contribution in [3.63, 3.8) is 0 Å². The summed E-state index contributed by atoms with van der Waals surface area (Å²) in [6.07, 6.45) is 2.18. The molecule has 3 rings (SSSR count). The Morgan fingerprint density at radius 1 is 1.00 bits per heavy atom. The van der Waals surface area contributed by atoms with Crippen LogP contribution in [-0.4, -0.2) is 22.0 Å². The zero-order valence-electron chi connectivity index (χ0n) is 18.3. The van der Waals surface area contributed by atoms with E-state index in [2.05, 4.69) is 4.98 Å². The predicted molar refractivity (Wildman–Crippen MR) is 126 cm³/mol. The van der Waals surface area contributed by atoms with E-state index in [4.69, 9.17) is 10.5 Å². The number of carbonyl (C=O) groups excluding carboxylic acids is 1. The maximum atomic E-state index is 13.3. The number of nitrogens with two attached hydrogens (primary N) is 1. The van der Waals surface area contributed by atoms with Gasteiger partial charge >= 0.3 is 5.69 Å². The Kier molecular flexibility index (Phi) is 7.49. The molecule has 32 heavy (non-hydrogen) atoms. The molecule has 8 heteroatoms. The van der Waals surface area contributed by atoms with Gasteiger partial charge in [-0.3, -0.25) is 19.1 Å². The zero-order valence-corrected chi connectivity index (χ0v) is 18.3. The SMILES string of the molecule is CCCCn1c(N)c(N(CCC)C(=O)c2ccc(Oc3ccccc3)cc2)c(=O)[nH]c1=O. The number of hydrogen-bond donors (Lipinski definition) is 2. The van der Waals surface area contributed by atoms with Crippen LogP contribution in [0.1, 0.15) is 43.5 Å². The molecule has 2 aromatic carbocycles. The number of anilines is 2. The number of nitrogens with one attached hydrogen (secondary N) is 1. The van der Waals surface area contributed by atoms with E-state index in [-0.39, 0.29) is 24.0 Å². The van der Waals surface area contributed by atoms with Gasteiger partial charge in [0.2, 0.25) is 0 Å². The number of nitrogens with zero attached hydrogens (tertiary/aromatic N) is 2. The van der Waals surface area contributed by atoms with Crippen LogP contribution in [0.15, 0.2) is 64.2 Å². The maximum absolute atomic E-state index is 13.3. The minimum absolute atomic E-state index is 0.00182. The van der Waals surface area contributed by atoms with E-state index in [1.807, 2.05) is 44.2 Å². The second kappa shape index (κ2) is 10.5. The number of rotatable bonds is 9. The third-order valence-corrected chi connectivity index (χ3v) is 4.99. The van der Waals surface area contributed by atoms with Crippen LogP contribution in [0.2, 0.25) is 0 Å². The van der Waals surface area contributed by atoms with E-state index >= 15 is 0 Å². The van der Waals surface area contributed by atoms with Crippen LogP contribution < -0.4 is 26.6 Å². The van der Waals surface area contributed by atoms with E-state index < -0.39 is 11.2 Å². The van der Waals surface area contributed by atoms with Crippen LogP contribution in [0.5, 0.6) is 11.5 Å². The van der Waals surface area contributed by atoms with Crippen molar-refractivity contribution in [1.29, 1.82) is 0 Å². The van der Waals surface area contributed by atoms with Crippen molar-refractivity contribution in [2.45, 2.75) is 39.7 Å². The lowest BCUT2D eigenvalue weighted by Crippen LogP contribution is -2.41. The molecule has 1 heterocycles. The van der Waals surface area contributed by atoms with Crippen molar-refractivity contribution in [2.75, 3.05) is 17.2 Å². The molecule has 3 aromatic rings. The minimum Gasteiger partial charge on any atom is -0.457 e. The topological polar surface area (TPSA) is 110 Å². The normalized spacial score (nSPS) is 10.7. The van der Waals surface area contributed by atoms with Gasteiger partial charge in [0.05, 0.1) is 0 Å². The van der Waals surface area contributed by atoms with Gasteiger partial charge in [-0.1, -0.05) is 38.5 Å². The number of H-pyrrole nitrogens is 1. The number of aromatic amines is 1. The molecule has 0 saturated carbocycles. The monoisotopic (exact) mass is 436 g/mol. The minimum atomic E-state index is -0.675. The molecule has 0 bridgehead atoms. The second-order valence-corrected chi connectivity index (χ2v) is 7.39.